The molecule has 0 radical (unpaired) electrons. The lowest BCUT2D eigenvalue weighted by Crippen LogP contribution is -2.39. The van der Waals surface area contributed by atoms with Crippen molar-refractivity contribution in [2.75, 3.05) is 9.80 Å². The minimum atomic E-state index is 0.151. The van der Waals surface area contributed by atoms with Gasteiger partial charge >= 0.3 is 0 Å². The molecule has 234 valence electrons. The van der Waals surface area contributed by atoms with Gasteiger partial charge in [0.05, 0.1) is 24.2 Å². The molecule has 2 aromatic carbocycles. The van der Waals surface area contributed by atoms with E-state index < -0.39 is 0 Å². The standard InChI is InChI=1S/C40H36N2.2C2H6/c1-2-10-18-35(17-9-1)41(36-19-11-3-4-12-20-36)39-29-25-33(26-30-39)34-27-31-40(32-28-34)42(37-21-13-5-6-14-22-37)38-23-15-7-8-16-24-38;2*1-2/h1-32,35-38H;2*1-2H3. The summed E-state index contributed by atoms with van der Waals surface area (Å²) in [6, 6.07) is 18.6. The summed E-state index contributed by atoms with van der Waals surface area (Å²) in [6.07, 6.45) is 51.8. The summed E-state index contributed by atoms with van der Waals surface area (Å²) in [4.78, 5) is 4.91. The van der Waals surface area contributed by atoms with Crippen LogP contribution in [-0.4, -0.2) is 24.2 Å². The highest BCUT2D eigenvalue weighted by molar-refractivity contribution is 5.70. The monoisotopic (exact) mass is 604 g/mol. The fourth-order valence-electron chi connectivity index (χ4n) is 5.67. The Hall–Kier alpha value is -5.08. The third-order valence-electron chi connectivity index (χ3n) is 7.75. The van der Waals surface area contributed by atoms with Crippen LogP contribution in [0.4, 0.5) is 11.4 Å². The molecule has 2 nitrogen and oxygen atoms in total. The molecule has 2 heteroatoms. The van der Waals surface area contributed by atoms with Crippen molar-refractivity contribution in [3.8, 4) is 11.1 Å². The smallest absolute Gasteiger partial charge is 0.0672 e. The summed E-state index contributed by atoms with van der Waals surface area (Å²) in [5.41, 5.74) is 4.78. The molecule has 0 aromatic heterocycles. The molecule has 0 spiro atoms. The third-order valence-corrected chi connectivity index (χ3v) is 7.75. The molecule has 0 unspecified atom stereocenters. The first kappa shape index (κ1) is 33.8. The van der Waals surface area contributed by atoms with Gasteiger partial charge in [-0.15, -0.1) is 0 Å². The zero-order chi connectivity index (χ0) is 32.4. The van der Waals surface area contributed by atoms with Crippen molar-refractivity contribution in [1.29, 1.82) is 0 Å². The summed E-state index contributed by atoms with van der Waals surface area (Å²) >= 11 is 0. The van der Waals surface area contributed by atoms with Gasteiger partial charge in [-0.3, -0.25) is 0 Å². The average molecular weight is 605 g/mol. The summed E-state index contributed by atoms with van der Waals surface area (Å²) in [6.45, 7) is 8.00. The van der Waals surface area contributed by atoms with E-state index in [0.717, 1.165) is 0 Å². The van der Waals surface area contributed by atoms with Crippen LogP contribution in [0.25, 0.3) is 11.1 Å². The first-order chi connectivity index (χ1) is 22.9. The molecule has 4 aliphatic carbocycles. The van der Waals surface area contributed by atoms with E-state index in [1.807, 2.05) is 27.7 Å². The molecule has 0 amide bonds. The van der Waals surface area contributed by atoms with Crippen molar-refractivity contribution >= 4 is 11.4 Å². The second-order valence-corrected chi connectivity index (χ2v) is 10.5. The Kier molecular flexibility index (Phi) is 13.7. The number of benzene rings is 2. The Morgan fingerprint density at radius 3 is 0.674 bits per heavy atom. The van der Waals surface area contributed by atoms with Crippen molar-refractivity contribution in [2.45, 2.75) is 51.9 Å². The molecule has 46 heavy (non-hydrogen) atoms. The topological polar surface area (TPSA) is 6.48 Å². The molecule has 0 bridgehead atoms. The minimum absolute atomic E-state index is 0.151. The van der Waals surface area contributed by atoms with Crippen molar-refractivity contribution in [3.63, 3.8) is 0 Å². The largest absolute Gasteiger partial charge is 0.352 e. The first-order valence-electron chi connectivity index (χ1n) is 16.7. The van der Waals surface area contributed by atoms with Gasteiger partial charge in [0.2, 0.25) is 0 Å². The van der Waals surface area contributed by atoms with Crippen LogP contribution in [0.15, 0.2) is 194 Å². The molecular formula is C44H48N2. The van der Waals surface area contributed by atoms with Gasteiger partial charge in [0.25, 0.3) is 0 Å². The number of hydrogen-bond acceptors (Lipinski definition) is 2. The lowest BCUT2D eigenvalue weighted by atomic mass is 10.0. The van der Waals surface area contributed by atoms with Gasteiger partial charge in [0.1, 0.15) is 0 Å². The Labute approximate surface area is 277 Å². The first-order valence-corrected chi connectivity index (χ1v) is 16.7. The highest BCUT2D eigenvalue weighted by Gasteiger charge is 2.22. The predicted molar refractivity (Wildman–Crippen MR) is 204 cm³/mol. The highest BCUT2D eigenvalue weighted by atomic mass is 15.2. The van der Waals surface area contributed by atoms with Crippen molar-refractivity contribution in [2.24, 2.45) is 0 Å². The summed E-state index contributed by atoms with van der Waals surface area (Å²) in [5.74, 6) is 0. The van der Waals surface area contributed by atoms with Gasteiger partial charge in [-0.2, -0.15) is 0 Å². The summed E-state index contributed by atoms with van der Waals surface area (Å²) in [5, 5.41) is 0. The van der Waals surface area contributed by atoms with Gasteiger partial charge in [-0.05, 0) is 35.4 Å². The molecule has 6 rings (SSSR count). The van der Waals surface area contributed by atoms with Crippen molar-refractivity contribution in [3.05, 3.63) is 194 Å². The molecule has 4 aliphatic rings. The second-order valence-electron chi connectivity index (χ2n) is 10.5. The van der Waals surface area contributed by atoms with E-state index in [-0.39, 0.29) is 24.2 Å². The number of allylic oxidation sites excluding steroid dienone is 16. The maximum Gasteiger partial charge on any atom is 0.0672 e. The molecule has 0 N–H and O–H groups in total. The molecule has 0 atom stereocenters. The second kappa shape index (κ2) is 18.7. The van der Waals surface area contributed by atoms with E-state index in [4.69, 9.17) is 0 Å². The van der Waals surface area contributed by atoms with E-state index in [1.165, 1.54) is 22.5 Å². The van der Waals surface area contributed by atoms with Gasteiger partial charge in [-0.1, -0.05) is 198 Å². The molecular weight excluding hydrogens is 556 g/mol. The van der Waals surface area contributed by atoms with E-state index in [1.54, 1.807) is 0 Å². The predicted octanol–water partition coefficient (Wildman–Crippen LogP) is 11.2. The van der Waals surface area contributed by atoms with Crippen LogP contribution < -0.4 is 9.80 Å². The Balaban J connectivity index is 0.00000116. The Morgan fingerprint density at radius 1 is 0.283 bits per heavy atom. The fourth-order valence-corrected chi connectivity index (χ4v) is 5.67. The maximum absolute atomic E-state index is 2.45. The van der Waals surface area contributed by atoms with Crippen LogP contribution in [-0.2, 0) is 0 Å². The molecule has 0 saturated carbocycles. The van der Waals surface area contributed by atoms with Crippen LogP contribution in [0, 0.1) is 0 Å². The Morgan fingerprint density at radius 2 is 0.478 bits per heavy atom. The summed E-state index contributed by atoms with van der Waals surface area (Å²) in [7, 11) is 0. The van der Waals surface area contributed by atoms with Crippen molar-refractivity contribution in [1.82, 2.24) is 0 Å². The zero-order valence-electron chi connectivity index (χ0n) is 27.7. The van der Waals surface area contributed by atoms with Crippen LogP contribution >= 0.6 is 0 Å². The fraction of sp³-hybridized carbons (Fsp3) is 0.182. The number of anilines is 2. The van der Waals surface area contributed by atoms with Gasteiger partial charge in [-0.25, -0.2) is 0 Å². The van der Waals surface area contributed by atoms with E-state index in [2.05, 4.69) is 204 Å². The maximum atomic E-state index is 2.45. The van der Waals surface area contributed by atoms with Gasteiger partial charge in [0, 0.05) is 11.4 Å². The van der Waals surface area contributed by atoms with Gasteiger partial charge < -0.3 is 9.80 Å². The highest BCUT2D eigenvalue weighted by Crippen LogP contribution is 2.31. The molecule has 0 saturated heterocycles. The minimum Gasteiger partial charge on any atom is -0.352 e. The average Bonchev–Trinajstić information content (AvgIpc) is 3.74. The van der Waals surface area contributed by atoms with Crippen LogP contribution in [0.3, 0.4) is 0 Å². The molecule has 0 aliphatic heterocycles. The van der Waals surface area contributed by atoms with E-state index >= 15 is 0 Å². The number of rotatable bonds is 7. The lowest BCUT2D eigenvalue weighted by Gasteiger charge is -2.35. The zero-order valence-corrected chi connectivity index (χ0v) is 27.7. The lowest BCUT2D eigenvalue weighted by molar-refractivity contribution is 0.763. The normalized spacial score (nSPS) is 17.0. The number of hydrogen-bond donors (Lipinski definition) is 0. The Bertz CT molecular complexity index is 1320. The third kappa shape index (κ3) is 8.99. The molecule has 2 aromatic rings. The van der Waals surface area contributed by atoms with Crippen LogP contribution in [0.1, 0.15) is 27.7 Å². The summed E-state index contributed by atoms with van der Waals surface area (Å²) < 4.78 is 0. The molecule has 0 fully saturated rings. The van der Waals surface area contributed by atoms with Crippen LogP contribution in [0.2, 0.25) is 0 Å². The van der Waals surface area contributed by atoms with E-state index in [9.17, 15) is 0 Å². The van der Waals surface area contributed by atoms with Gasteiger partial charge in [0.15, 0.2) is 0 Å². The number of nitrogens with zero attached hydrogens (tertiary/aromatic N) is 2. The molecule has 0 heterocycles. The quantitative estimate of drug-likeness (QED) is 0.310. The van der Waals surface area contributed by atoms with Crippen LogP contribution in [0.5, 0.6) is 0 Å². The van der Waals surface area contributed by atoms with Crippen molar-refractivity contribution < 1.29 is 0 Å². The van der Waals surface area contributed by atoms with E-state index in [0.29, 0.717) is 0 Å². The SMILES string of the molecule is C1=CC=CC(N(c2ccc(-c3ccc(N(C4C=CC=CC=C4)C4C=CC=CC=C4)cc3)cc2)C2C=CC=CC=C2)C=C1.CC.CC.